The first kappa shape index (κ1) is 19.8. The van der Waals surface area contributed by atoms with Crippen LogP contribution in [0.15, 0.2) is 18.5 Å². The maximum atomic E-state index is 12.4. The van der Waals surface area contributed by atoms with E-state index in [9.17, 15) is 4.79 Å². The molecule has 2 aliphatic heterocycles. The third-order valence-electron chi connectivity index (χ3n) is 4.83. The summed E-state index contributed by atoms with van der Waals surface area (Å²) in [5.74, 6) is 0.704. The lowest BCUT2D eigenvalue weighted by Gasteiger charge is -2.49. The number of hydrogen-bond acceptors (Lipinski definition) is 7. The van der Waals surface area contributed by atoms with Crippen LogP contribution in [0.5, 0.6) is 0 Å². The van der Waals surface area contributed by atoms with Crippen molar-refractivity contribution in [2.24, 2.45) is 0 Å². The normalized spacial score (nSPS) is 22.7. The first-order valence-corrected chi connectivity index (χ1v) is 9.47. The molecule has 1 aromatic heterocycles. The van der Waals surface area contributed by atoms with E-state index in [0.717, 1.165) is 12.8 Å². The molecule has 1 aromatic rings. The average Bonchev–Trinajstić information content (AvgIpc) is 2.61. The van der Waals surface area contributed by atoms with Crippen LogP contribution >= 0.6 is 0 Å². The van der Waals surface area contributed by atoms with Crippen molar-refractivity contribution in [1.82, 2.24) is 14.9 Å². The van der Waals surface area contributed by atoms with Crippen LogP contribution in [0.2, 0.25) is 0 Å². The van der Waals surface area contributed by atoms with Crippen molar-refractivity contribution >= 4 is 12.0 Å². The summed E-state index contributed by atoms with van der Waals surface area (Å²) in [6, 6.07) is 1.81. The average molecular weight is 378 g/mol. The fourth-order valence-corrected chi connectivity index (χ4v) is 3.67. The number of nitrogens with zero attached hydrogens (tertiary/aromatic N) is 4. The Hall–Kier alpha value is -1.93. The third-order valence-corrected chi connectivity index (χ3v) is 4.83. The molecule has 3 rings (SSSR count). The van der Waals surface area contributed by atoms with E-state index in [1.807, 2.05) is 26.8 Å². The summed E-state index contributed by atoms with van der Waals surface area (Å²) >= 11 is 0. The van der Waals surface area contributed by atoms with Crippen LogP contribution in [0.4, 0.5) is 10.7 Å². The number of anilines is 1. The molecule has 0 bridgehead atoms. The predicted molar refractivity (Wildman–Crippen MR) is 101 cm³/mol. The van der Waals surface area contributed by atoms with E-state index < -0.39 is 5.60 Å². The topological polar surface area (TPSA) is 77.0 Å². The van der Waals surface area contributed by atoms with Gasteiger partial charge in [0.15, 0.2) is 0 Å². The number of methoxy groups -OCH3 is 1. The maximum Gasteiger partial charge on any atom is 0.410 e. The molecule has 8 nitrogen and oxygen atoms in total. The molecule has 150 valence electrons. The molecule has 2 aliphatic rings. The van der Waals surface area contributed by atoms with Gasteiger partial charge in [-0.05, 0) is 39.7 Å². The number of rotatable bonds is 3. The smallest absolute Gasteiger partial charge is 0.410 e. The second kappa shape index (κ2) is 7.98. The minimum atomic E-state index is -0.488. The summed E-state index contributed by atoms with van der Waals surface area (Å²) in [4.78, 5) is 25.1. The van der Waals surface area contributed by atoms with Crippen molar-refractivity contribution < 1.29 is 19.0 Å². The van der Waals surface area contributed by atoms with Gasteiger partial charge in [0.25, 0.3) is 0 Å². The van der Waals surface area contributed by atoms with Gasteiger partial charge in [-0.3, -0.25) is 0 Å². The minimum absolute atomic E-state index is 0.0550. The number of carbonyl (C=O) groups excluding carboxylic acids is 1. The molecule has 0 radical (unpaired) electrons. The Morgan fingerprint density at radius 2 is 1.96 bits per heavy atom. The van der Waals surface area contributed by atoms with Crippen LogP contribution in [0, 0.1) is 0 Å². The molecule has 0 N–H and O–H groups in total. The van der Waals surface area contributed by atoms with Gasteiger partial charge >= 0.3 is 6.09 Å². The highest BCUT2D eigenvalue weighted by molar-refractivity contribution is 5.68. The van der Waals surface area contributed by atoms with Gasteiger partial charge in [0.1, 0.15) is 5.60 Å². The molecule has 2 fully saturated rings. The lowest BCUT2D eigenvalue weighted by Crippen LogP contribution is -2.61. The van der Waals surface area contributed by atoms with Gasteiger partial charge in [-0.15, -0.1) is 0 Å². The van der Waals surface area contributed by atoms with Gasteiger partial charge in [0, 0.05) is 39.1 Å². The van der Waals surface area contributed by atoms with E-state index >= 15 is 0 Å². The van der Waals surface area contributed by atoms with Crippen LogP contribution in [0.3, 0.4) is 0 Å². The predicted octanol–water partition coefficient (Wildman–Crippen LogP) is 2.10. The monoisotopic (exact) mass is 378 g/mol. The summed E-state index contributed by atoms with van der Waals surface area (Å²) in [6.07, 6.45) is 4.68. The number of hydrogen-bond donors (Lipinski definition) is 0. The highest BCUT2D eigenvalue weighted by atomic mass is 16.6. The summed E-state index contributed by atoms with van der Waals surface area (Å²) in [5.41, 5.74) is -0.822. The van der Waals surface area contributed by atoms with Crippen LogP contribution in [-0.2, 0) is 14.2 Å². The van der Waals surface area contributed by atoms with E-state index in [4.69, 9.17) is 14.2 Å². The maximum absolute atomic E-state index is 12.4. The van der Waals surface area contributed by atoms with Gasteiger partial charge in [-0.2, -0.15) is 0 Å². The summed E-state index contributed by atoms with van der Waals surface area (Å²) in [6.45, 7) is 8.78. The zero-order valence-corrected chi connectivity index (χ0v) is 16.7. The number of likely N-dealkylation sites (tertiary alicyclic amines) is 1. The van der Waals surface area contributed by atoms with Crippen molar-refractivity contribution in [3.63, 3.8) is 0 Å². The van der Waals surface area contributed by atoms with Crippen molar-refractivity contribution in [1.29, 1.82) is 0 Å². The quantitative estimate of drug-likeness (QED) is 0.797. The Balaban J connectivity index is 1.68. The Bertz CT molecular complexity index is 626. The van der Waals surface area contributed by atoms with Gasteiger partial charge in [0.2, 0.25) is 5.95 Å². The largest absolute Gasteiger partial charge is 0.444 e. The Morgan fingerprint density at radius 3 is 2.56 bits per heavy atom. The second-order valence-corrected chi connectivity index (χ2v) is 8.27. The Kier molecular flexibility index (Phi) is 5.86. The van der Waals surface area contributed by atoms with E-state index in [0.29, 0.717) is 38.7 Å². The molecule has 0 aromatic carbocycles. The number of carbonyl (C=O) groups is 1. The van der Waals surface area contributed by atoms with Gasteiger partial charge in [0.05, 0.1) is 24.9 Å². The minimum Gasteiger partial charge on any atom is -0.444 e. The molecule has 2 saturated heterocycles. The van der Waals surface area contributed by atoms with E-state index in [1.165, 1.54) is 0 Å². The molecule has 3 heterocycles. The van der Waals surface area contributed by atoms with Gasteiger partial charge < -0.3 is 24.0 Å². The number of piperidine rings is 1. The van der Waals surface area contributed by atoms with Crippen LogP contribution in [0.25, 0.3) is 0 Å². The first-order chi connectivity index (χ1) is 12.8. The van der Waals surface area contributed by atoms with Crippen molar-refractivity contribution in [2.45, 2.75) is 50.9 Å². The molecule has 1 unspecified atom stereocenters. The van der Waals surface area contributed by atoms with Crippen LogP contribution in [0.1, 0.15) is 33.6 Å². The fraction of sp³-hybridized carbons (Fsp3) is 0.737. The zero-order chi connectivity index (χ0) is 19.5. The zero-order valence-electron chi connectivity index (χ0n) is 16.7. The molecule has 1 spiro atoms. The van der Waals surface area contributed by atoms with Crippen LogP contribution in [-0.4, -0.2) is 78.2 Å². The summed E-state index contributed by atoms with van der Waals surface area (Å²) < 4.78 is 17.3. The van der Waals surface area contributed by atoms with Crippen LogP contribution < -0.4 is 4.90 Å². The van der Waals surface area contributed by atoms with E-state index in [1.54, 1.807) is 24.4 Å². The van der Waals surface area contributed by atoms with Gasteiger partial charge in [-0.25, -0.2) is 14.8 Å². The summed E-state index contributed by atoms with van der Waals surface area (Å²) in [7, 11) is 1.68. The molecular formula is C19H30N4O4. The standard InChI is InChI=1S/C19H30N4O4/c1-18(2,3)27-17(24)22-10-6-19(7-11-22)14-23(12-15(26-19)13-25-4)16-20-8-5-9-21-16/h5,8-9,15H,6-7,10-14H2,1-4H3. The molecule has 27 heavy (non-hydrogen) atoms. The SMILES string of the molecule is COCC1CN(c2ncccn2)CC2(CCN(C(=O)OC(C)(C)C)CC2)O1. The van der Waals surface area contributed by atoms with Crippen molar-refractivity contribution in [3.8, 4) is 0 Å². The number of aromatic nitrogens is 2. The lowest BCUT2D eigenvalue weighted by molar-refractivity contribution is -0.147. The van der Waals surface area contributed by atoms with E-state index in [-0.39, 0.29) is 17.8 Å². The number of amides is 1. The number of morpholine rings is 1. The molecule has 1 atom stereocenters. The highest BCUT2D eigenvalue weighted by Crippen LogP contribution is 2.34. The summed E-state index contributed by atoms with van der Waals surface area (Å²) in [5, 5.41) is 0. The molecule has 0 saturated carbocycles. The first-order valence-electron chi connectivity index (χ1n) is 9.47. The Labute approximate surface area is 160 Å². The lowest BCUT2D eigenvalue weighted by atomic mass is 9.88. The molecular weight excluding hydrogens is 348 g/mol. The molecule has 0 aliphatic carbocycles. The molecule has 8 heteroatoms. The number of ether oxygens (including phenoxy) is 3. The van der Waals surface area contributed by atoms with Gasteiger partial charge in [-0.1, -0.05) is 0 Å². The second-order valence-electron chi connectivity index (χ2n) is 8.27. The Morgan fingerprint density at radius 1 is 1.30 bits per heavy atom. The third kappa shape index (κ3) is 5.07. The molecule has 1 amide bonds. The highest BCUT2D eigenvalue weighted by Gasteiger charge is 2.44. The van der Waals surface area contributed by atoms with E-state index in [2.05, 4.69) is 14.9 Å². The fourth-order valence-electron chi connectivity index (χ4n) is 3.67. The van der Waals surface area contributed by atoms with Crippen molar-refractivity contribution in [3.05, 3.63) is 18.5 Å². The van der Waals surface area contributed by atoms with Crippen molar-refractivity contribution in [2.75, 3.05) is 44.8 Å².